The Labute approximate surface area is 131 Å². The van der Waals surface area contributed by atoms with E-state index in [-0.39, 0.29) is 24.2 Å². The van der Waals surface area contributed by atoms with Crippen molar-refractivity contribution >= 4 is 18.3 Å². The van der Waals surface area contributed by atoms with Crippen LogP contribution in [0, 0.1) is 11.8 Å². The largest absolute Gasteiger partial charge is 0.497 e. The van der Waals surface area contributed by atoms with Crippen LogP contribution in [0.3, 0.4) is 0 Å². The number of hydrogen-bond donors (Lipinski definition) is 2. The maximum atomic E-state index is 11.9. The van der Waals surface area contributed by atoms with Gasteiger partial charge in [0, 0.05) is 5.92 Å². The van der Waals surface area contributed by atoms with E-state index in [9.17, 15) is 4.79 Å². The molecule has 1 aromatic carbocycles. The van der Waals surface area contributed by atoms with Gasteiger partial charge in [0.25, 0.3) is 0 Å². The summed E-state index contributed by atoms with van der Waals surface area (Å²) in [6, 6.07) is 7.39. The molecule has 1 aliphatic rings. The minimum absolute atomic E-state index is 0. The van der Waals surface area contributed by atoms with Crippen LogP contribution in [-0.4, -0.2) is 39.3 Å². The second kappa shape index (κ2) is 8.74. The van der Waals surface area contributed by atoms with Crippen molar-refractivity contribution in [1.82, 2.24) is 10.6 Å². The molecule has 1 aliphatic heterocycles. The van der Waals surface area contributed by atoms with Gasteiger partial charge in [-0.15, -0.1) is 12.4 Å². The Balaban J connectivity index is 0.00000220. The molecule has 1 saturated heterocycles. The third-order valence-electron chi connectivity index (χ3n) is 3.66. The van der Waals surface area contributed by atoms with Crippen LogP contribution < -0.4 is 20.1 Å². The fourth-order valence-electron chi connectivity index (χ4n) is 2.05. The Hall–Kier alpha value is -1.46. The second-order valence-electron chi connectivity index (χ2n) is 5.02. The van der Waals surface area contributed by atoms with Crippen LogP contribution in [0.15, 0.2) is 24.3 Å². The fraction of sp³-hybridized carbons (Fsp3) is 0.533. The van der Waals surface area contributed by atoms with Crippen LogP contribution in [-0.2, 0) is 4.79 Å². The van der Waals surface area contributed by atoms with E-state index in [0.717, 1.165) is 24.6 Å². The summed E-state index contributed by atoms with van der Waals surface area (Å²) < 4.78 is 10.6. The van der Waals surface area contributed by atoms with Crippen LogP contribution in [0.1, 0.15) is 6.92 Å². The smallest absolute Gasteiger partial charge is 0.223 e. The highest BCUT2D eigenvalue weighted by atomic mass is 35.5. The standard InChI is InChI=1S/C15H22N2O3.ClH/c1-11(12-9-16-10-12)15(18)17-7-8-20-14-5-3-13(19-2)4-6-14;/h3-6,11-12,16H,7-10H2,1-2H3,(H,17,18);1H. The van der Waals surface area contributed by atoms with Crippen molar-refractivity contribution in [3.63, 3.8) is 0 Å². The van der Waals surface area contributed by atoms with Crippen LogP contribution in [0.5, 0.6) is 11.5 Å². The number of hydrogen-bond acceptors (Lipinski definition) is 4. The van der Waals surface area contributed by atoms with Crippen molar-refractivity contribution in [2.45, 2.75) is 6.92 Å². The highest BCUT2D eigenvalue weighted by Crippen LogP contribution is 2.17. The van der Waals surface area contributed by atoms with E-state index < -0.39 is 0 Å². The van der Waals surface area contributed by atoms with E-state index in [1.165, 1.54) is 0 Å². The summed E-state index contributed by atoms with van der Waals surface area (Å²) in [5.74, 6) is 2.22. The van der Waals surface area contributed by atoms with E-state index in [1.807, 2.05) is 31.2 Å². The van der Waals surface area contributed by atoms with Crippen LogP contribution in [0.2, 0.25) is 0 Å². The zero-order valence-electron chi connectivity index (χ0n) is 12.4. The topological polar surface area (TPSA) is 59.6 Å². The summed E-state index contributed by atoms with van der Waals surface area (Å²) in [5, 5.41) is 6.09. The van der Waals surface area contributed by atoms with Crippen molar-refractivity contribution in [2.24, 2.45) is 11.8 Å². The lowest BCUT2D eigenvalue weighted by Gasteiger charge is -2.31. The van der Waals surface area contributed by atoms with Crippen LogP contribution in [0.25, 0.3) is 0 Å². The lowest BCUT2D eigenvalue weighted by Crippen LogP contribution is -2.49. The summed E-state index contributed by atoms with van der Waals surface area (Å²) in [6.45, 7) is 4.85. The molecule has 6 heteroatoms. The van der Waals surface area contributed by atoms with Crippen molar-refractivity contribution in [3.05, 3.63) is 24.3 Å². The number of rotatable bonds is 7. The normalized spacial score (nSPS) is 15.3. The van der Waals surface area contributed by atoms with Gasteiger partial charge >= 0.3 is 0 Å². The Morgan fingerprint density at radius 1 is 1.33 bits per heavy atom. The molecule has 0 aromatic heterocycles. The van der Waals surface area contributed by atoms with Gasteiger partial charge in [0.15, 0.2) is 0 Å². The molecule has 1 fully saturated rings. The molecular weight excluding hydrogens is 292 g/mol. The number of nitrogens with one attached hydrogen (secondary N) is 2. The Morgan fingerprint density at radius 3 is 2.48 bits per heavy atom. The summed E-state index contributed by atoms with van der Waals surface area (Å²) in [4.78, 5) is 11.9. The Morgan fingerprint density at radius 2 is 1.95 bits per heavy atom. The molecule has 5 nitrogen and oxygen atoms in total. The first-order valence-corrected chi connectivity index (χ1v) is 6.96. The Kier molecular flexibility index (Phi) is 7.32. The van der Waals surface area contributed by atoms with Gasteiger partial charge in [-0.1, -0.05) is 6.92 Å². The molecule has 0 spiro atoms. The lowest BCUT2D eigenvalue weighted by atomic mass is 9.88. The van der Waals surface area contributed by atoms with E-state index in [4.69, 9.17) is 9.47 Å². The van der Waals surface area contributed by atoms with Gasteiger partial charge in [0.1, 0.15) is 18.1 Å². The number of amides is 1. The molecule has 2 N–H and O–H groups in total. The monoisotopic (exact) mass is 314 g/mol. The fourth-order valence-corrected chi connectivity index (χ4v) is 2.05. The van der Waals surface area contributed by atoms with E-state index in [2.05, 4.69) is 10.6 Å². The first kappa shape index (κ1) is 17.6. The number of ether oxygens (including phenoxy) is 2. The van der Waals surface area contributed by atoms with Crippen LogP contribution >= 0.6 is 12.4 Å². The maximum Gasteiger partial charge on any atom is 0.223 e. The number of benzene rings is 1. The zero-order valence-corrected chi connectivity index (χ0v) is 13.2. The van der Waals surface area contributed by atoms with Gasteiger partial charge in [-0.3, -0.25) is 4.79 Å². The average molecular weight is 315 g/mol. The molecule has 0 radical (unpaired) electrons. The quantitative estimate of drug-likeness (QED) is 0.748. The SMILES string of the molecule is COc1ccc(OCCNC(=O)C(C)C2CNC2)cc1.Cl. The molecular formula is C15H23ClN2O3. The lowest BCUT2D eigenvalue weighted by molar-refractivity contribution is -0.126. The van der Waals surface area contributed by atoms with E-state index >= 15 is 0 Å². The molecule has 118 valence electrons. The van der Waals surface area contributed by atoms with Crippen molar-refractivity contribution in [1.29, 1.82) is 0 Å². The minimum atomic E-state index is 0. The predicted octanol–water partition coefficient (Wildman–Crippen LogP) is 1.47. The average Bonchev–Trinajstić information content (AvgIpc) is 2.42. The Bertz CT molecular complexity index is 435. The number of carbonyl (C=O) groups is 1. The molecule has 1 aromatic rings. The highest BCUT2D eigenvalue weighted by Gasteiger charge is 2.28. The molecule has 1 heterocycles. The first-order chi connectivity index (χ1) is 9.70. The van der Waals surface area contributed by atoms with Gasteiger partial charge in [0.2, 0.25) is 5.91 Å². The molecule has 1 unspecified atom stereocenters. The molecule has 0 saturated carbocycles. The molecule has 21 heavy (non-hydrogen) atoms. The minimum Gasteiger partial charge on any atom is -0.497 e. The third-order valence-corrected chi connectivity index (χ3v) is 3.66. The van der Waals surface area contributed by atoms with Gasteiger partial charge in [-0.05, 0) is 43.3 Å². The van der Waals surface area contributed by atoms with E-state index in [1.54, 1.807) is 7.11 Å². The van der Waals surface area contributed by atoms with Gasteiger partial charge in [-0.2, -0.15) is 0 Å². The number of carbonyl (C=O) groups excluding carboxylic acids is 1. The summed E-state index contributed by atoms with van der Waals surface area (Å²) in [6.07, 6.45) is 0. The van der Waals surface area contributed by atoms with Gasteiger partial charge in [0.05, 0.1) is 13.7 Å². The van der Waals surface area contributed by atoms with Gasteiger partial charge in [-0.25, -0.2) is 0 Å². The van der Waals surface area contributed by atoms with Gasteiger partial charge < -0.3 is 20.1 Å². The summed E-state index contributed by atoms with van der Waals surface area (Å²) in [5.41, 5.74) is 0. The maximum absolute atomic E-state index is 11.9. The molecule has 0 aliphatic carbocycles. The van der Waals surface area contributed by atoms with Crippen molar-refractivity contribution in [2.75, 3.05) is 33.4 Å². The zero-order chi connectivity index (χ0) is 14.4. The molecule has 1 atom stereocenters. The van der Waals surface area contributed by atoms with Crippen molar-refractivity contribution in [3.8, 4) is 11.5 Å². The second-order valence-corrected chi connectivity index (χ2v) is 5.02. The van der Waals surface area contributed by atoms with Crippen molar-refractivity contribution < 1.29 is 14.3 Å². The first-order valence-electron chi connectivity index (χ1n) is 6.96. The van der Waals surface area contributed by atoms with E-state index in [0.29, 0.717) is 19.1 Å². The number of halogens is 1. The summed E-state index contributed by atoms with van der Waals surface area (Å²) >= 11 is 0. The molecule has 2 rings (SSSR count). The predicted molar refractivity (Wildman–Crippen MR) is 84.3 cm³/mol. The number of methoxy groups -OCH3 is 1. The molecule has 1 amide bonds. The third kappa shape index (κ3) is 5.10. The highest BCUT2D eigenvalue weighted by molar-refractivity contribution is 5.85. The van der Waals surface area contributed by atoms with Crippen LogP contribution in [0.4, 0.5) is 0 Å². The summed E-state index contributed by atoms with van der Waals surface area (Å²) in [7, 11) is 1.63. The molecule has 0 bridgehead atoms.